The number of nitrogens with zero attached hydrogens (tertiary/aromatic N) is 2. The molecule has 1 N–H and O–H groups in total. The first kappa shape index (κ1) is 10.3. The molecule has 2 rings (SSSR count). The summed E-state index contributed by atoms with van der Waals surface area (Å²) in [6.07, 6.45) is 3.11. The third kappa shape index (κ3) is 1.91. The van der Waals surface area contributed by atoms with E-state index in [2.05, 4.69) is 42.0 Å². The largest absolute Gasteiger partial charge is 0.380 e. The first-order valence-electron chi connectivity index (χ1n) is 5.69. The van der Waals surface area contributed by atoms with E-state index in [9.17, 15) is 0 Å². The number of aromatic nitrogens is 1. The van der Waals surface area contributed by atoms with E-state index >= 15 is 0 Å². The lowest BCUT2D eigenvalue weighted by Crippen LogP contribution is -2.40. The Labute approximate surface area is 91.5 Å². The highest BCUT2D eigenvalue weighted by molar-refractivity contribution is 5.68. The number of fused-ring (bicyclic) bond motifs is 1. The van der Waals surface area contributed by atoms with Gasteiger partial charge in [-0.25, -0.2) is 4.98 Å². The molecule has 1 atom stereocenters. The molecule has 0 fully saturated rings. The number of hydrogen-bond donors (Lipinski definition) is 1. The van der Waals surface area contributed by atoms with Crippen LogP contribution in [0.4, 0.5) is 11.5 Å². The van der Waals surface area contributed by atoms with Gasteiger partial charge in [-0.05, 0) is 31.9 Å². The molecule has 0 saturated carbocycles. The smallest absolute Gasteiger partial charge is 0.152 e. The monoisotopic (exact) mass is 205 g/mol. The fourth-order valence-electron chi connectivity index (χ4n) is 1.99. The van der Waals surface area contributed by atoms with Crippen molar-refractivity contribution in [3.05, 3.63) is 17.8 Å². The quantitative estimate of drug-likeness (QED) is 0.803. The molecule has 0 aromatic carbocycles. The van der Waals surface area contributed by atoms with Crippen LogP contribution in [-0.2, 0) is 0 Å². The van der Waals surface area contributed by atoms with Crippen molar-refractivity contribution in [2.24, 2.45) is 0 Å². The van der Waals surface area contributed by atoms with E-state index in [0.29, 0.717) is 6.04 Å². The lowest BCUT2D eigenvalue weighted by Gasteiger charge is -2.35. The number of nitrogens with one attached hydrogen (secondary N) is 1. The summed E-state index contributed by atoms with van der Waals surface area (Å²) in [6.45, 7) is 8.63. The minimum absolute atomic E-state index is 0.570. The molecule has 0 radical (unpaired) electrons. The van der Waals surface area contributed by atoms with E-state index in [1.807, 2.05) is 6.20 Å². The van der Waals surface area contributed by atoms with Gasteiger partial charge < -0.3 is 10.2 Å². The number of aryl methyl sites for hydroxylation is 1. The van der Waals surface area contributed by atoms with Gasteiger partial charge in [0, 0.05) is 25.3 Å². The Balaban J connectivity index is 2.34. The third-order valence-electron chi connectivity index (χ3n) is 3.07. The molecule has 0 saturated heterocycles. The predicted molar refractivity (Wildman–Crippen MR) is 64.6 cm³/mol. The van der Waals surface area contributed by atoms with Gasteiger partial charge >= 0.3 is 0 Å². The second-order valence-corrected chi connectivity index (χ2v) is 4.26. The minimum atomic E-state index is 0.570. The topological polar surface area (TPSA) is 28.2 Å². The van der Waals surface area contributed by atoms with Crippen LogP contribution in [0.1, 0.15) is 25.8 Å². The molecule has 0 spiro atoms. The molecule has 1 unspecified atom stereocenters. The van der Waals surface area contributed by atoms with Crippen molar-refractivity contribution in [3.63, 3.8) is 0 Å². The number of hydrogen-bond acceptors (Lipinski definition) is 3. The van der Waals surface area contributed by atoms with E-state index < -0.39 is 0 Å². The predicted octanol–water partition coefficient (Wildman–Crippen LogP) is 2.42. The molecule has 0 aliphatic carbocycles. The average molecular weight is 205 g/mol. The fraction of sp³-hybridized carbons (Fsp3) is 0.583. The molecular formula is C12H19N3. The van der Waals surface area contributed by atoms with Gasteiger partial charge in [-0.3, -0.25) is 0 Å². The lowest BCUT2D eigenvalue weighted by molar-refractivity contribution is 0.608. The summed E-state index contributed by atoms with van der Waals surface area (Å²) in [5, 5.41) is 3.41. The molecule has 1 aliphatic heterocycles. The van der Waals surface area contributed by atoms with Crippen molar-refractivity contribution < 1.29 is 0 Å². The van der Waals surface area contributed by atoms with Gasteiger partial charge in [0.2, 0.25) is 0 Å². The zero-order valence-corrected chi connectivity index (χ0v) is 9.75. The Kier molecular flexibility index (Phi) is 2.80. The third-order valence-corrected chi connectivity index (χ3v) is 3.07. The van der Waals surface area contributed by atoms with E-state index in [4.69, 9.17) is 0 Å². The molecule has 3 heteroatoms. The molecule has 0 amide bonds. The molecule has 82 valence electrons. The van der Waals surface area contributed by atoms with Gasteiger partial charge in [0.1, 0.15) is 0 Å². The second-order valence-electron chi connectivity index (χ2n) is 4.26. The zero-order chi connectivity index (χ0) is 10.8. The van der Waals surface area contributed by atoms with Gasteiger partial charge in [-0.15, -0.1) is 0 Å². The number of rotatable bonds is 2. The Morgan fingerprint density at radius 2 is 2.40 bits per heavy atom. The molecule has 1 aliphatic rings. The Bertz CT molecular complexity index is 349. The van der Waals surface area contributed by atoms with Crippen LogP contribution in [-0.4, -0.2) is 24.1 Å². The van der Waals surface area contributed by atoms with Gasteiger partial charge in [-0.2, -0.15) is 0 Å². The highest BCUT2D eigenvalue weighted by Crippen LogP contribution is 2.29. The van der Waals surface area contributed by atoms with Crippen LogP contribution in [0.2, 0.25) is 0 Å². The summed E-state index contributed by atoms with van der Waals surface area (Å²) in [6, 6.07) is 2.75. The van der Waals surface area contributed by atoms with Crippen LogP contribution in [0.25, 0.3) is 0 Å². The van der Waals surface area contributed by atoms with Crippen LogP contribution in [0, 0.1) is 6.92 Å². The standard InChI is InChI=1S/C12H19N3/c1-4-10(3)15-6-5-13-11-7-9(2)8-14-12(11)15/h7-8,10,13H,4-6H2,1-3H3. The van der Waals surface area contributed by atoms with Crippen LogP contribution in [0.5, 0.6) is 0 Å². The maximum Gasteiger partial charge on any atom is 0.152 e. The van der Waals surface area contributed by atoms with Gasteiger partial charge in [0.05, 0.1) is 5.69 Å². The molecule has 15 heavy (non-hydrogen) atoms. The average Bonchev–Trinajstić information content (AvgIpc) is 2.26. The number of pyridine rings is 1. The summed E-state index contributed by atoms with van der Waals surface area (Å²) in [5.74, 6) is 1.11. The summed E-state index contributed by atoms with van der Waals surface area (Å²) in [4.78, 5) is 6.93. The minimum Gasteiger partial charge on any atom is -0.380 e. The summed E-state index contributed by atoms with van der Waals surface area (Å²) >= 11 is 0. The van der Waals surface area contributed by atoms with Gasteiger partial charge in [0.25, 0.3) is 0 Å². The maximum atomic E-state index is 4.53. The highest BCUT2D eigenvalue weighted by Gasteiger charge is 2.21. The maximum absolute atomic E-state index is 4.53. The second kappa shape index (κ2) is 4.09. The molecule has 1 aromatic rings. The molecule has 2 heterocycles. The molecular weight excluding hydrogens is 186 g/mol. The van der Waals surface area contributed by atoms with Crippen LogP contribution >= 0.6 is 0 Å². The first-order valence-corrected chi connectivity index (χ1v) is 5.69. The van der Waals surface area contributed by atoms with Crippen molar-refractivity contribution in [2.45, 2.75) is 33.2 Å². The fourth-order valence-corrected chi connectivity index (χ4v) is 1.99. The van der Waals surface area contributed by atoms with Crippen molar-refractivity contribution in [2.75, 3.05) is 23.3 Å². The summed E-state index contributed by atoms with van der Waals surface area (Å²) in [7, 11) is 0. The Morgan fingerprint density at radius 3 is 3.13 bits per heavy atom. The van der Waals surface area contributed by atoms with E-state index in [0.717, 1.165) is 25.3 Å². The van der Waals surface area contributed by atoms with Gasteiger partial charge in [0.15, 0.2) is 5.82 Å². The molecule has 3 nitrogen and oxygen atoms in total. The van der Waals surface area contributed by atoms with E-state index in [-0.39, 0.29) is 0 Å². The van der Waals surface area contributed by atoms with Crippen molar-refractivity contribution in [1.82, 2.24) is 4.98 Å². The highest BCUT2D eigenvalue weighted by atomic mass is 15.3. The zero-order valence-electron chi connectivity index (χ0n) is 9.75. The first-order chi connectivity index (χ1) is 7.22. The van der Waals surface area contributed by atoms with Crippen LogP contribution in [0.15, 0.2) is 12.3 Å². The van der Waals surface area contributed by atoms with Crippen molar-refractivity contribution in [3.8, 4) is 0 Å². The normalized spacial score (nSPS) is 16.9. The lowest BCUT2D eigenvalue weighted by atomic mass is 10.1. The van der Waals surface area contributed by atoms with E-state index in [1.165, 1.54) is 11.3 Å². The number of anilines is 2. The van der Waals surface area contributed by atoms with Crippen LogP contribution in [0.3, 0.4) is 0 Å². The Hall–Kier alpha value is -1.25. The van der Waals surface area contributed by atoms with Gasteiger partial charge in [-0.1, -0.05) is 6.92 Å². The van der Waals surface area contributed by atoms with Crippen molar-refractivity contribution in [1.29, 1.82) is 0 Å². The summed E-state index contributed by atoms with van der Waals surface area (Å²) in [5.41, 5.74) is 2.40. The molecule has 1 aromatic heterocycles. The SMILES string of the molecule is CCC(C)N1CCNc2cc(C)cnc21. The van der Waals surface area contributed by atoms with Crippen LogP contribution < -0.4 is 10.2 Å². The molecule has 0 bridgehead atoms. The summed E-state index contributed by atoms with van der Waals surface area (Å²) < 4.78 is 0. The Morgan fingerprint density at radius 1 is 1.60 bits per heavy atom. The van der Waals surface area contributed by atoms with E-state index in [1.54, 1.807) is 0 Å². The van der Waals surface area contributed by atoms with Crippen molar-refractivity contribution >= 4 is 11.5 Å².